The van der Waals surface area contributed by atoms with E-state index in [0.717, 1.165) is 0 Å². The molecule has 0 amide bonds. The van der Waals surface area contributed by atoms with Crippen LogP contribution < -0.4 is 4.74 Å². The largest absolute Gasteiger partial charge is 0.508 e. The number of phenols is 1. The number of hydrogen-bond donors (Lipinski definition) is 1. The topological polar surface area (TPSA) is 55.5 Å². The number of hydrogen-bond acceptors (Lipinski definition) is 4. The maximum Gasteiger partial charge on any atom is 0.399 e. The van der Waals surface area contributed by atoms with Gasteiger partial charge in [-0.2, -0.15) is 4.98 Å². The molecule has 1 aromatic carbocycles. The summed E-state index contributed by atoms with van der Waals surface area (Å²) in [5.41, 5.74) is 0. The Morgan fingerprint density at radius 1 is 1.43 bits per heavy atom. The highest BCUT2D eigenvalue weighted by atomic mass is 16.6. The van der Waals surface area contributed by atoms with Crippen LogP contribution in [0.4, 0.5) is 0 Å². The Bertz CT molecular complexity index is 436. The number of nitrogens with zero attached hydrogens (tertiary/aromatic N) is 1. The van der Waals surface area contributed by atoms with Gasteiger partial charge in [-0.25, -0.2) is 0 Å². The van der Waals surface area contributed by atoms with E-state index in [1.165, 1.54) is 6.07 Å². The van der Waals surface area contributed by atoms with Crippen molar-refractivity contribution in [3.63, 3.8) is 0 Å². The Morgan fingerprint density at radius 2 is 2.29 bits per heavy atom. The van der Waals surface area contributed by atoms with Gasteiger partial charge in [-0.3, -0.25) is 0 Å². The van der Waals surface area contributed by atoms with Crippen molar-refractivity contribution in [1.82, 2.24) is 4.98 Å². The molecule has 1 aromatic heterocycles. The van der Waals surface area contributed by atoms with Crippen molar-refractivity contribution in [3.05, 3.63) is 36.2 Å². The molecule has 4 nitrogen and oxygen atoms in total. The van der Waals surface area contributed by atoms with Gasteiger partial charge in [-0.1, -0.05) is 6.07 Å². The fourth-order valence-electron chi connectivity index (χ4n) is 1.03. The number of phenolic OH excluding ortho intramolecular Hbond substituents is 1. The van der Waals surface area contributed by atoms with Crippen LogP contribution >= 0.6 is 0 Å². The number of aryl methyl sites for hydroxylation is 1. The molecular formula is C10H9NO3. The summed E-state index contributed by atoms with van der Waals surface area (Å²) in [6, 6.07) is 6.44. The van der Waals surface area contributed by atoms with Gasteiger partial charge in [0.05, 0.1) is 6.20 Å². The predicted molar refractivity (Wildman–Crippen MR) is 49.4 cm³/mol. The van der Waals surface area contributed by atoms with Crippen LogP contribution in [0.3, 0.4) is 0 Å². The van der Waals surface area contributed by atoms with Gasteiger partial charge in [0.15, 0.2) is 0 Å². The highest BCUT2D eigenvalue weighted by Gasteiger charge is 2.03. The molecule has 0 atom stereocenters. The Labute approximate surface area is 80.8 Å². The second-order valence-corrected chi connectivity index (χ2v) is 2.84. The smallest absolute Gasteiger partial charge is 0.399 e. The lowest BCUT2D eigenvalue weighted by Crippen LogP contribution is -1.82. The van der Waals surface area contributed by atoms with E-state index in [1.54, 1.807) is 31.3 Å². The van der Waals surface area contributed by atoms with Crippen LogP contribution in [-0.2, 0) is 0 Å². The van der Waals surface area contributed by atoms with E-state index in [4.69, 9.17) is 14.3 Å². The second-order valence-electron chi connectivity index (χ2n) is 2.84. The van der Waals surface area contributed by atoms with E-state index in [9.17, 15) is 0 Å². The van der Waals surface area contributed by atoms with Crippen LogP contribution in [0.25, 0.3) is 0 Å². The second kappa shape index (κ2) is 3.41. The molecule has 0 saturated heterocycles. The maximum absolute atomic E-state index is 9.17. The van der Waals surface area contributed by atoms with Crippen LogP contribution in [0.2, 0.25) is 0 Å². The van der Waals surface area contributed by atoms with Crippen molar-refractivity contribution in [3.8, 4) is 17.6 Å². The fourth-order valence-corrected chi connectivity index (χ4v) is 1.03. The number of benzene rings is 1. The molecule has 0 aliphatic rings. The van der Waals surface area contributed by atoms with Crippen molar-refractivity contribution in [2.75, 3.05) is 0 Å². The van der Waals surface area contributed by atoms with E-state index in [2.05, 4.69) is 4.98 Å². The molecule has 0 bridgehead atoms. The molecule has 1 heterocycles. The van der Waals surface area contributed by atoms with E-state index >= 15 is 0 Å². The summed E-state index contributed by atoms with van der Waals surface area (Å²) >= 11 is 0. The van der Waals surface area contributed by atoms with E-state index < -0.39 is 0 Å². The predicted octanol–water partition coefficient (Wildman–Crippen LogP) is 2.48. The molecule has 2 aromatic rings. The first-order valence-electron chi connectivity index (χ1n) is 4.13. The molecule has 0 fully saturated rings. The summed E-state index contributed by atoms with van der Waals surface area (Å²) in [4.78, 5) is 3.87. The Hall–Kier alpha value is -1.97. The number of aromatic hydroxyl groups is 1. The van der Waals surface area contributed by atoms with Crippen molar-refractivity contribution in [1.29, 1.82) is 0 Å². The molecule has 0 aliphatic carbocycles. The van der Waals surface area contributed by atoms with Crippen molar-refractivity contribution in [2.24, 2.45) is 0 Å². The summed E-state index contributed by atoms with van der Waals surface area (Å²) in [6.07, 6.45) is 1.74. The molecule has 0 aliphatic heterocycles. The van der Waals surface area contributed by atoms with Crippen molar-refractivity contribution in [2.45, 2.75) is 6.92 Å². The third-order valence-corrected chi connectivity index (χ3v) is 1.62. The highest BCUT2D eigenvalue weighted by Crippen LogP contribution is 2.23. The van der Waals surface area contributed by atoms with Crippen molar-refractivity contribution >= 4 is 0 Å². The summed E-state index contributed by atoms with van der Waals surface area (Å²) in [6.45, 7) is 1.78. The molecule has 0 spiro atoms. The first-order chi connectivity index (χ1) is 6.74. The minimum atomic E-state index is 0.144. The minimum absolute atomic E-state index is 0.144. The lowest BCUT2D eigenvalue weighted by Gasteiger charge is -1.99. The average Bonchev–Trinajstić information content (AvgIpc) is 2.51. The number of aromatic nitrogens is 1. The molecule has 14 heavy (non-hydrogen) atoms. The Balaban J connectivity index is 2.18. The molecule has 1 N–H and O–H groups in total. The van der Waals surface area contributed by atoms with Crippen LogP contribution in [0, 0.1) is 6.92 Å². The first-order valence-corrected chi connectivity index (χ1v) is 4.13. The first kappa shape index (κ1) is 8.62. The molecule has 72 valence electrons. The summed E-state index contributed by atoms with van der Waals surface area (Å²) < 4.78 is 10.4. The zero-order valence-electron chi connectivity index (χ0n) is 7.60. The summed E-state index contributed by atoms with van der Waals surface area (Å²) in [7, 11) is 0. The standard InChI is InChI=1S/C10H9NO3/c1-7-6-11-10(13-7)14-9-4-2-3-8(12)5-9/h2-6,12H,1H3. The Morgan fingerprint density at radius 3 is 2.93 bits per heavy atom. The average molecular weight is 191 g/mol. The normalized spacial score (nSPS) is 10.1. The number of ether oxygens (including phenoxy) is 1. The molecule has 0 saturated carbocycles. The van der Waals surface area contributed by atoms with Gasteiger partial charge in [-0.05, 0) is 19.1 Å². The molecular weight excluding hydrogens is 182 g/mol. The third kappa shape index (κ3) is 1.85. The van der Waals surface area contributed by atoms with Gasteiger partial charge in [0.25, 0.3) is 0 Å². The van der Waals surface area contributed by atoms with E-state index in [-0.39, 0.29) is 11.8 Å². The van der Waals surface area contributed by atoms with E-state index in [0.29, 0.717) is 11.5 Å². The van der Waals surface area contributed by atoms with Gasteiger partial charge in [0, 0.05) is 6.07 Å². The lowest BCUT2D eigenvalue weighted by atomic mass is 10.3. The SMILES string of the molecule is Cc1cnc(Oc2cccc(O)c2)o1. The highest BCUT2D eigenvalue weighted by molar-refractivity contribution is 5.32. The molecule has 2 rings (SSSR count). The Kier molecular flexibility index (Phi) is 2.10. The zero-order chi connectivity index (χ0) is 9.97. The van der Waals surface area contributed by atoms with Gasteiger partial charge < -0.3 is 14.3 Å². The van der Waals surface area contributed by atoms with Crippen LogP contribution in [0.1, 0.15) is 5.76 Å². The van der Waals surface area contributed by atoms with E-state index in [1.807, 2.05) is 0 Å². The van der Waals surface area contributed by atoms with Crippen LogP contribution in [0.15, 0.2) is 34.9 Å². The van der Waals surface area contributed by atoms with Gasteiger partial charge in [-0.15, -0.1) is 0 Å². The van der Waals surface area contributed by atoms with Gasteiger partial charge >= 0.3 is 6.08 Å². The molecule has 0 radical (unpaired) electrons. The fraction of sp³-hybridized carbons (Fsp3) is 0.100. The van der Waals surface area contributed by atoms with Crippen molar-refractivity contribution < 1.29 is 14.3 Å². The monoisotopic (exact) mass is 191 g/mol. The van der Waals surface area contributed by atoms with Crippen LogP contribution in [0.5, 0.6) is 17.6 Å². The molecule has 4 heteroatoms. The minimum Gasteiger partial charge on any atom is -0.508 e. The zero-order valence-corrected chi connectivity index (χ0v) is 7.60. The maximum atomic E-state index is 9.17. The number of oxazole rings is 1. The third-order valence-electron chi connectivity index (χ3n) is 1.62. The lowest BCUT2D eigenvalue weighted by molar-refractivity contribution is 0.321. The van der Waals surface area contributed by atoms with Gasteiger partial charge in [0.2, 0.25) is 0 Å². The summed E-state index contributed by atoms with van der Waals surface area (Å²) in [5.74, 6) is 1.32. The van der Waals surface area contributed by atoms with Gasteiger partial charge in [0.1, 0.15) is 17.3 Å². The quantitative estimate of drug-likeness (QED) is 0.792. The van der Waals surface area contributed by atoms with Crippen LogP contribution in [-0.4, -0.2) is 10.1 Å². The number of rotatable bonds is 2. The summed E-state index contributed by atoms with van der Waals surface area (Å²) in [5, 5.41) is 9.17. The molecule has 0 unspecified atom stereocenters.